The average Bonchev–Trinajstić information content (AvgIpc) is 3.01. The zero-order chi connectivity index (χ0) is 12.1. The number of thiophene rings is 1. The van der Waals surface area contributed by atoms with Crippen molar-refractivity contribution < 1.29 is 0 Å². The third-order valence-electron chi connectivity index (χ3n) is 4.43. The summed E-state index contributed by atoms with van der Waals surface area (Å²) in [6.45, 7) is 5.85. The first-order valence-electron chi connectivity index (χ1n) is 7.06. The maximum atomic E-state index is 3.82. The van der Waals surface area contributed by atoms with Crippen LogP contribution in [0, 0.1) is 5.41 Å². The third kappa shape index (κ3) is 3.11. The first kappa shape index (κ1) is 13.1. The molecule has 2 rings (SSSR count). The van der Waals surface area contributed by atoms with Crippen LogP contribution in [0.1, 0.15) is 63.3 Å². The minimum atomic E-state index is 0.569. The quantitative estimate of drug-likeness (QED) is 0.768. The zero-order valence-corrected chi connectivity index (χ0v) is 12.0. The van der Waals surface area contributed by atoms with Crippen molar-refractivity contribution in [2.45, 2.75) is 58.4 Å². The van der Waals surface area contributed by atoms with Crippen LogP contribution in [0.4, 0.5) is 0 Å². The SMILES string of the molecule is CCC(NCC1(CC)CCCC1)c1cccs1. The number of hydrogen-bond donors (Lipinski definition) is 1. The Balaban J connectivity index is 1.91. The second-order valence-electron chi connectivity index (χ2n) is 5.42. The summed E-state index contributed by atoms with van der Waals surface area (Å²) in [4.78, 5) is 1.50. The van der Waals surface area contributed by atoms with E-state index < -0.39 is 0 Å². The van der Waals surface area contributed by atoms with Crippen LogP contribution in [-0.2, 0) is 0 Å². The standard InChI is InChI=1S/C15H25NS/c1-3-13(14-8-7-11-17-14)16-12-15(4-2)9-5-6-10-15/h7-8,11,13,16H,3-6,9-10,12H2,1-2H3. The lowest BCUT2D eigenvalue weighted by atomic mass is 9.83. The van der Waals surface area contributed by atoms with Gasteiger partial charge in [-0.15, -0.1) is 11.3 Å². The second-order valence-corrected chi connectivity index (χ2v) is 6.40. The second kappa shape index (κ2) is 6.01. The van der Waals surface area contributed by atoms with Crippen molar-refractivity contribution in [3.63, 3.8) is 0 Å². The molecule has 17 heavy (non-hydrogen) atoms. The van der Waals surface area contributed by atoms with Gasteiger partial charge in [0.2, 0.25) is 0 Å². The summed E-state index contributed by atoms with van der Waals surface area (Å²) in [5, 5.41) is 6.00. The first-order chi connectivity index (χ1) is 8.29. The predicted octanol–water partition coefficient (Wildman–Crippen LogP) is 4.76. The molecule has 1 aromatic heterocycles. The molecule has 96 valence electrons. The molecule has 0 saturated heterocycles. The zero-order valence-electron chi connectivity index (χ0n) is 11.2. The van der Waals surface area contributed by atoms with Crippen molar-refractivity contribution in [1.29, 1.82) is 0 Å². The van der Waals surface area contributed by atoms with Crippen molar-refractivity contribution in [2.24, 2.45) is 5.41 Å². The first-order valence-corrected chi connectivity index (χ1v) is 7.94. The van der Waals surface area contributed by atoms with Gasteiger partial charge in [0.25, 0.3) is 0 Å². The Hall–Kier alpha value is -0.340. The highest BCUT2D eigenvalue weighted by Crippen LogP contribution is 2.40. The molecule has 1 N–H and O–H groups in total. The molecule has 0 spiro atoms. The van der Waals surface area contributed by atoms with Crippen molar-refractivity contribution in [3.05, 3.63) is 22.4 Å². The van der Waals surface area contributed by atoms with Gasteiger partial charge in [-0.25, -0.2) is 0 Å². The number of hydrogen-bond acceptors (Lipinski definition) is 2. The Labute approximate surface area is 110 Å². The van der Waals surface area contributed by atoms with Crippen LogP contribution in [0.3, 0.4) is 0 Å². The molecule has 0 radical (unpaired) electrons. The van der Waals surface area contributed by atoms with Crippen LogP contribution < -0.4 is 5.32 Å². The summed E-state index contributed by atoms with van der Waals surface area (Å²) in [6, 6.07) is 4.99. The summed E-state index contributed by atoms with van der Waals surface area (Å²) in [6.07, 6.45) is 8.26. The van der Waals surface area contributed by atoms with Crippen molar-refractivity contribution in [2.75, 3.05) is 6.54 Å². The lowest BCUT2D eigenvalue weighted by molar-refractivity contribution is 0.255. The van der Waals surface area contributed by atoms with E-state index >= 15 is 0 Å². The van der Waals surface area contributed by atoms with Gasteiger partial charge in [-0.1, -0.05) is 32.8 Å². The molecule has 1 heterocycles. The molecule has 0 bridgehead atoms. The van der Waals surface area contributed by atoms with Gasteiger partial charge in [0.05, 0.1) is 0 Å². The normalized spacial score (nSPS) is 20.6. The molecule has 1 atom stereocenters. The Kier molecular flexibility index (Phi) is 4.63. The highest BCUT2D eigenvalue weighted by molar-refractivity contribution is 7.10. The summed E-state index contributed by atoms with van der Waals surface area (Å²) < 4.78 is 0. The molecule has 1 saturated carbocycles. The van der Waals surface area contributed by atoms with E-state index in [0.717, 1.165) is 0 Å². The minimum Gasteiger partial charge on any atom is -0.309 e. The van der Waals surface area contributed by atoms with Crippen LogP contribution in [0.25, 0.3) is 0 Å². The van der Waals surface area contributed by atoms with Crippen LogP contribution in [0.5, 0.6) is 0 Å². The molecule has 0 aromatic carbocycles. The number of rotatable bonds is 6. The average molecular weight is 251 g/mol. The number of nitrogens with one attached hydrogen (secondary N) is 1. The van der Waals surface area contributed by atoms with E-state index in [1.807, 2.05) is 11.3 Å². The van der Waals surface area contributed by atoms with Gasteiger partial charge >= 0.3 is 0 Å². The Morgan fingerprint density at radius 3 is 2.65 bits per heavy atom. The van der Waals surface area contributed by atoms with E-state index in [2.05, 4.69) is 36.7 Å². The van der Waals surface area contributed by atoms with Gasteiger partial charge in [0.15, 0.2) is 0 Å². The molecule has 1 nitrogen and oxygen atoms in total. The van der Waals surface area contributed by atoms with Gasteiger partial charge < -0.3 is 5.32 Å². The van der Waals surface area contributed by atoms with Gasteiger partial charge in [-0.05, 0) is 42.5 Å². The molecule has 1 unspecified atom stereocenters. The molecule has 2 heteroatoms. The molecule has 1 fully saturated rings. The van der Waals surface area contributed by atoms with Gasteiger partial charge in [-0.2, -0.15) is 0 Å². The Morgan fingerprint density at radius 2 is 2.12 bits per heavy atom. The maximum Gasteiger partial charge on any atom is 0.0412 e. The van der Waals surface area contributed by atoms with Gasteiger partial charge in [-0.3, -0.25) is 0 Å². The Morgan fingerprint density at radius 1 is 1.35 bits per heavy atom. The topological polar surface area (TPSA) is 12.0 Å². The van der Waals surface area contributed by atoms with E-state index in [-0.39, 0.29) is 0 Å². The molecular formula is C15H25NS. The van der Waals surface area contributed by atoms with E-state index in [4.69, 9.17) is 0 Å². The lowest BCUT2D eigenvalue weighted by Crippen LogP contribution is -2.33. The van der Waals surface area contributed by atoms with Gasteiger partial charge in [0.1, 0.15) is 0 Å². The maximum absolute atomic E-state index is 3.82. The highest BCUT2D eigenvalue weighted by atomic mass is 32.1. The summed E-state index contributed by atoms with van der Waals surface area (Å²) >= 11 is 1.88. The van der Waals surface area contributed by atoms with Crippen LogP contribution in [0.15, 0.2) is 17.5 Å². The van der Waals surface area contributed by atoms with Crippen molar-refractivity contribution >= 4 is 11.3 Å². The fourth-order valence-corrected chi connectivity index (χ4v) is 3.94. The van der Waals surface area contributed by atoms with Crippen molar-refractivity contribution in [1.82, 2.24) is 5.32 Å². The summed E-state index contributed by atoms with van der Waals surface area (Å²) in [5.41, 5.74) is 0.602. The molecule has 0 amide bonds. The molecule has 0 aliphatic heterocycles. The fraction of sp³-hybridized carbons (Fsp3) is 0.733. The van der Waals surface area contributed by atoms with E-state index in [1.54, 1.807) is 0 Å². The third-order valence-corrected chi connectivity index (χ3v) is 5.42. The molecular weight excluding hydrogens is 226 g/mol. The van der Waals surface area contributed by atoms with E-state index in [9.17, 15) is 0 Å². The molecule has 1 aliphatic carbocycles. The van der Waals surface area contributed by atoms with Crippen LogP contribution in [0.2, 0.25) is 0 Å². The molecule has 1 aliphatic rings. The largest absolute Gasteiger partial charge is 0.309 e. The predicted molar refractivity (Wildman–Crippen MR) is 76.5 cm³/mol. The monoisotopic (exact) mass is 251 g/mol. The Bertz CT molecular complexity index is 312. The van der Waals surface area contributed by atoms with Crippen LogP contribution in [-0.4, -0.2) is 6.54 Å². The van der Waals surface area contributed by atoms with Gasteiger partial charge in [0, 0.05) is 17.5 Å². The van der Waals surface area contributed by atoms with E-state index in [1.165, 1.54) is 49.9 Å². The minimum absolute atomic E-state index is 0.569. The highest BCUT2D eigenvalue weighted by Gasteiger charge is 2.32. The summed E-state index contributed by atoms with van der Waals surface area (Å²) in [5.74, 6) is 0. The van der Waals surface area contributed by atoms with E-state index in [0.29, 0.717) is 11.5 Å². The van der Waals surface area contributed by atoms with Crippen molar-refractivity contribution in [3.8, 4) is 0 Å². The molecule has 1 aromatic rings. The fourth-order valence-electron chi connectivity index (χ4n) is 3.06. The lowest BCUT2D eigenvalue weighted by Gasteiger charge is -2.30. The van der Waals surface area contributed by atoms with Crippen LogP contribution >= 0.6 is 11.3 Å². The summed E-state index contributed by atoms with van der Waals surface area (Å²) in [7, 11) is 0. The smallest absolute Gasteiger partial charge is 0.0412 e.